The van der Waals surface area contributed by atoms with E-state index in [0.717, 1.165) is 17.3 Å². The van der Waals surface area contributed by atoms with E-state index in [0.29, 0.717) is 43.9 Å². The molecule has 1 aromatic carbocycles. The Balaban J connectivity index is 1.58. The van der Waals surface area contributed by atoms with E-state index >= 15 is 0 Å². The monoisotopic (exact) mass is 395 g/mol. The molecule has 9 nitrogen and oxygen atoms in total. The fourth-order valence-electron chi connectivity index (χ4n) is 3.50. The first-order valence-electron chi connectivity index (χ1n) is 9.92. The van der Waals surface area contributed by atoms with Crippen LogP contribution in [0.3, 0.4) is 0 Å². The summed E-state index contributed by atoms with van der Waals surface area (Å²) in [5.41, 5.74) is 2.16. The molecule has 29 heavy (non-hydrogen) atoms. The average Bonchev–Trinajstić information content (AvgIpc) is 3.18. The second kappa shape index (κ2) is 8.02. The maximum Gasteiger partial charge on any atom is 0.225 e. The van der Waals surface area contributed by atoms with Gasteiger partial charge in [0.25, 0.3) is 0 Å². The van der Waals surface area contributed by atoms with Gasteiger partial charge in [0.1, 0.15) is 12.1 Å². The molecule has 152 valence electrons. The number of nitrogens with zero attached hydrogens (tertiary/aromatic N) is 7. The van der Waals surface area contributed by atoms with Crippen LogP contribution in [-0.2, 0) is 4.79 Å². The number of piperazine rings is 1. The van der Waals surface area contributed by atoms with E-state index in [1.165, 1.54) is 6.33 Å². The fourth-order valence-corrected chi connectivity index (χ4v) is 3.50. The van der Waals surface area contributed by atoms with Crippen molar-refractivity contribution >= 4 is 22.9 Å². The quantitative estimate of drug-likeness (QED) is 0.652. The molecule has 9 heteroatoms. The van der Waals surface area contributed by atoms with Gasteiger partial charge in [0.15, 0.2) is 17.0 Å². The number of amides is 1. The van der Waals surface area contributed by atoms with Gasteiger partial charge in [-0.2, -0.15) is 4.68 Å². The van der Waals surface area contributed by atoms with Crippen molar-refractivity contribution in [3.05, 3.63) is 30.6 Å². The van der Waals surface area contributed by atoms with Gasteiger partial charge in [-0.1, -0.05) is 19.1 Å². The third kappa shape index (κ3) is 3.72. The standard InChI is InChI=1S/C20H25N7O2/c1-4-29-16-7-5-15(6-8-16)27-19-17(23-24-27)18(21-13-22-19)25-9-11-26(12-10-25)20(28)14(2)3/h5-8,13-14H,4,9-12H2,1-3H3. The Labute approximate surface area is 169 Å². The minimum Gasteiger partial charge on any atom is -0.494 e. The predicted molar refractivity (Wildman–Crippen MR) is 109 cm³/mol. The topological polar surface area (TPSA) is 89.3 Å². The normalized spacial score (nSPS) is 14.6. The van der Waals surface area contributed by atoms with Crippen LogP contribution in [0, 0.1) is 5.92 Å². The van der Waals surface area contributed by atoms with Gasteiger partial charge in [0.2, 0.25) is 5.91 Å². The first-order chi connectivity index (χ1) is 14.1. The van der Waals surface area contributed by atoms with E-state index in [2.05, 4.69) is 25.2 Å². The highest BCUT2D eigenvalue weighted by molar-refractivity contribution is 5.84. The third-order valence-electron chi connectivity index (χ3n) is 5.00. The molecule has 0 saturated carbocycles. The van der Waals surface area contributed by atoms with Crippen LogP contribution in [0.2, 0.25) is 0 Å². The Bertz CT molecular complexity index is 992. The minimum atomic E-state index is 0.0151. The lowest BCUT2D eigenvalue weighted by molar-refractivity contribution is -0.134. The molecule has 1 aliphatic rings. The molecule has 0 N–H and O–H groups in total. The molecule has 0 spiro atoms. The number of carbonyl (C=O) groups excluding carboxylic acids is 1. The molecule has 1 fully saturated rings. The van der Waals surface area contributed by atoms with Gasteiger partial charge in [-0.25, -0.2) is 9.97 Å². The van der Waals surface area contributed by atoms with Crippen LogP contribution < -0.4 is 9.64 Å². The first-order valence-corrected chi connectivity index (χ1v) is 9.92. The second-order valence-electron chi connectivity index (χ2n) is 7.26. The maximum atomic E-state index is 12.2. The van der Waals surface area contributed by atoms with Gasteiger partial charge in [-0.3, -0.25) is 4.79 Å². The molecule has 0 aliphatic carbocycles. The van der Waals surface area contributed by atoms with Crippen LogP contribution in [-0.4, -0.2) is 68.6 Å². The molecule has 0 unspecified atom stereocenters. The largest absolute Gasteiger partial charge is 0.494 e. The van der Waals surface area contributed by atoms with Gasteiger partial charge in [0, 0.05) is 32.1 Å². The summed E-state index contributed by atoms with van der Waals surface area (Å²) in [5, 5.41) is 8.64. The van der Waals surface area contributed by atoms with Crippen molar-refractivity contribution in [1.29, 1.82) is 0 Å². The highest BCUT2D eigenvalue weighted by Crippen LogP contribution is 2.24. The molecule has 1 amide bonds. The van der Waals surface area contributed by atoms with Gasteiger partial charge >= 0.3 is 0 Å². The molecule has 0 bridgehead atoms. The van der Waals surface area contributed by atoms with Crippen molar-refractivity contribution in [2.45, 2.75) is 20.8 Å². The van der Waals surface area contributed by atoms with Crippen LogP contribution >= 0.6 is 0 Å². The molecule has 2 aromatic heterocycles. The van der Waals surface area contributed by atoms with Crippen molar-refractivity contribution < 1.29 is 9.53 Å². The number of hydrogen-bond donors (Lipinski definition) is 0. The Hall–Kier alpha value is -3.23. The zero-order chi connectivity index (χ0) is 20.4. The minimum absolute atomic E-state index is 0.0151. The van der Waals surface area contributed by atoms with E-state index in [1.807, 2.05) is 49.9 Å². The van der Waals surface area contributed by atoms with Crippen LogP contribution in [0.25, 0.3) is 16.9 Å². The van der Waals surface area contributed by atoms with E-state index in [1.54, 1.807) is 4.68 Å². The van der Waals surface area contributed by atoms with E-state index in [9.17, 15) is 4.79 Å². The van der Waals surface area contributed by atoms with E-state index in [4.69, 9.17) is 4.74 Å². The third-order valence-corrected chi connectivity index (χ3v) is 5.00. The summed E-state index contributed by atoms with van der Waals surface area (Å²) < 4.78 is 7.20. The lowest BCUT2D eigenvalue weighted by Gasteiger charge is -2.36. The summed E-state index contributed by atoms with van der Waals surface area (Å²) in [7, 11) is 0. The summed E-state index contributed by atoms with van der Waals surface area (Å²) in [6.45, 7) is 9.21. The van der Waals surface area contributed by atoms with Crippen LogP contribution in [0.5, 0.6) is 5.75 Å². The Morgan fingerprint density at radius 1 is 1.10 bits per heavy atom. The van der Waals surface area contributed by atoms with E-state index < -0.39 is 0 Å². The number of anilines is 1. The van der Waals surface area contributed by atoms with E-state index in [-0.39, 0.29) is 11.8 Å². The number of ether oxygens (including phenoxy) is 1. The zero-order valence-electron chi connectivity index (χ0n) is 16.9. The molecule has 0 atom stereocenters. The highest BCUT2D eigenvalue weighted by atomic mass is 16.5. The molecular weight excluding hydrogens is 370 g/mol. The lowest BCUT2D eigenvalue weighted by Crippen LogP contribution is -2.50. The zero-order valence-corrected chi connectivity index (χ0v) is 16.9. The molecule has 0 radical (unpaired) electrons. The number of carbonyl (C=O) groups is 1. The van der Waals surface area contributed by atoms with Crippen LogP contribution in [0.1, 0.15) is 20.8 Å². The number of benzene rings is 1. The molecule has 4 rings (SSSR count). The SMILES string of the molecule is CCOc1ccc(-n2nnc3c(N4CCN(C(=O)C(C)C)CC4)ncnc32)cc1. The van der Waals surface area contributed by atoms with Gasteiger partial charge < -0.3 is 14.5 Å². The van der Waals surface area contributed by atoms with Crippen molar-refractivity contribution in [3.8, 4) is 11.4 Å². The summed E-state index contributed by atoms with van der Waals surface area (Å²) >= 11 is 0. The van der Waals surface area contributed by atoms with Gasteiger partial charge in [-0.05, 0) is 31.2 Å². The first kappa shape index (κ1) is 19.1. The Morgan fingerprint density at radius 2 is 1.83 bits per heavy atom. The van der Waals surface area contributed by atoms with Crippen LogP contribution in [0.4, 0.5) is 5.82 Å². The Kier molecular flexibility index (Phi) is 5.28. The molecule has 3 aromatic rings. The second-order valence-corrected chi connectivity index (χ2v) is 7.26. The summed E-state index contributed by atoms with van der Waals surface area (Å²) in [6, 6.07) is 7.66. The smallest absolute Gasteiger partial charge is 0.225 e. The van der Waals surface area contributed by atoms with Crippen molar-refractivity contribution in [2.75, 3.05) is 37.7 Å². The summed E-state index contributed by atoms with van der Waals surface area (Å²) in [5.74, 6) is 1.77. The lowest BCUT2D eigenvalue weighted by atomic mass is 10.1. The average molecular weight is 395 g/mol. The number of fused-ring (bicyclic) bond motifs is 1. The molecule has 1 aliphatic heterocycles. The predicted octanol–water partition coefficient (Wildman–Crippen LogP) is 1.91. The van der Waals surface area contributed by atoms with Crippen molar-refractivity contribution in [3.63, 3.8) is 0 Å². The maximum absolute atomic E-state index is 12.2. The fraction of sp³-hybridized carbons (Fsp3) is 0.450. The van der Waals surface area contributed by atoms with Crippen molar-refractivity contribution in [2.24, 2.45) is 5.92 Å². The number of hydrogen-bond acceptors (Lipinski definition) is 7. The Morgan fingerprint density at radius 3 is 2.48 bits per heavy atom. The van der Waals surface area contributed by atoms with Gasteiger partial charge in [-0.15, -0.1) is 5.10 Å². The number of aromatic nitrogens is 5. The summed E-state index contributed by atoms with van der Waals surface area (Å²) in [6.07, 6.45) is 1.54. The van der Waals surface area contributed by atoms with Crippen LogP contribution in [0.15, 0.2) is 30.6 Å². The van der Waals surface area contributed by atoms with Gasteiger partial charge in [0.05, 0.1) is 12.3 Å². The molecular formula is C20H25N7O2. The molecule has 1 saturated heterocycles. The molecule has 3 heterocycles. The van der Waals surface area contributed by atoms with Crippen molar-refractivity contribution in [1.82, 2.24) is 29.9 Å². The highest BCUT2D eigenvalue weighted by Gasteiger charge is 2.25. The summed E-state index contributed by atoms with van der Waals surface area (Å²) in [4.78, 5) is 25.1. The number of rotatable bonds is 5.